The van der Waals surface area contributed by atoms with Crippen LogP contribution in [0.25, 0.3) is 0 Å². The summed E-state index contributed by atoms with van der Waals surface area (Å²) < 4.78 is 94.9. The number of rotatable bonds is 5. The Bertz CT molecular complexity index is 1450. The van der Waals surface area contributed by atoms with Gasteiger partial charge in [0.2, 0.25) is 0 Å². The van der Waals surface area contributed by atoms with Gasteiger partial charge in [-0.1, -0.05) is 6.07 Å². The number of fused-ring (bicyclic) bond motifs is 1. The summed E-state index contributed by atoms with van der Waals surface area (Å²) in [4.78, 5) is 25.8. The fourth-order valence-electron chi connectivity index (χ4n) is 4.20. The van der Waals surface area contributed by atoms with Crippen LogP contribution in [-0.2, 0) is 11.8 Å². The van der Waals surface area contributed by atoms with E-state index in [0.29, 0.717) is 12.1 Å². The van der Waals surface area contributed by atoms with Gasteiger partial charge in [-0.25, -0.2) is 17.6 Å². The van der Waals surface area contributed by atoms with Crippen LogP contribution in [0.2, 0.25) is 0 Å². The Morgan fingerprint density at radius 1 is 0.974 bits per heavy atom. The summed E-state index contributed by atoms with van der Waals surface area (Å²) >= 11 is 0. The molecule has 0 aromatic heterocycles. The normalized spacial score (nSPS) is 15.4. The number of aliphatic hydroxyl groups is 1. The molecule has 0 saturated heterocycles. The Kier molecular flexibility index (Phi) is 6.73. The molecule has 2 amide bonds. The van der Waals surface area contributed by atoms with Crippen molar-refractivity contribution in [1.29, 1.82) is 0 Å². The second-order valence-corrected chi connectivity index (χ2v) is 9.20. The highest BCUT2D eigenvalue weighted by molar-refractivity contribution is 6.08. The van der Waals surface area contributed by atoms with E-state index >= 15 is 0 Å². The van der Waals surface area contributed by atoms with Gasteiger partial charge in [-0.05, 0) is 67.4 Å². The number of carbonyl (C=O) groups excluding carboxylic acids is 2. The third-order valence-corrected chi connectivity index (χ3v) is 6.03. The van der Waals surface area contributed by atoms with Gasteiger partial charge >= 0.3 is 6.18 Å². The zero-order chi connectivity index (χ0) is 28.2. The van der Waals surface area contributed by atoms with E-state index in [9.17, 15) is 45.4 Å². The highest BCUT2D eigenvalue weighted by atomic mass is 19.4. The maximum absolute atomic E-state index is 14.1. The zero-order valence-corrected chi connectivity index (χ0v) is 19.7. The Labute approximate surface area is 211 Å². The monoisotopic (exact) mass is 540 g/mol. The molecule has 0 spiro atoms. The van der Waals surface area contributed by atoms with Crippen molar-refractivity contribution in [3.05, 3.63) is 99.1 Å². The topological polar surface area (TPSA) is 78.4 Å². The van der Waals surface area contributed by atoms with Gasteiger partial charge in [0.1, 0.15) is 11.6 Å². The van der Waals surface area contributed by atoms with Crippen molar-refractivity contribution >= 4 is 17.5 Å². The minimum atomic E-state index is -4.95. The first-order chi connectivity index (χ1) is 17.6. The predicted octanol–water partition coefficient (Wildman–Crippen LogP) is 6.23. The summed E-state index contributed by atoms with van der Waals surface area (Å²) in [5.74, 6) is -4.22. The minimum Gasteiger partial charge on any atom is -0.386 e. The average molecular weight is 540 g/mol. The Morgan fingerprint density at radius 3 is 2.26 bits per heavy atom. The van der Waals surface area contributed by atoms with Gasteiger partial charge in [0.05, 0.1) is 17.2 Å². The summed E-state index contributed by atoms with van der Waals surface area (Å²) in [6, 6.07) is 4.70. The first-order valence-electron chi connectivity index (χ1n) is 11.0. The fraction of sp³-hybridized carbons (Fsp3) is 0.231. The van der Waals surface area contributed by atoms with Crippen LogP contribution < -0.4 is 10.6 Å². The fourth-order valence-corrected chi connectivity index (χ4v) is 4.20. The van der Waals surface area contributed by atoms with Crippen molar-refractivity contribution in [2.45, 2.75) is 38.1 Å². The molecule has 5 nitrogen and oxygen atoms in total. The summed E-state index contributed by atoms with van der Waals surface area (Å²) in [6.45, 7) is 2.71. The predicted molar refractivity (Wildman–Crippen MR) is 122 cm³/mol. The van der Waals surface area contributed by atoms with Gasteiger partial charge < -0.3 is 15.7 Å². The molecule has 1 aliphatic heterocycles. The van der Waals surface area contributed by atoms with Crippen LogP contribution in [0.1, 0.15) is 74.8 Å². The highest BCUT2D eigenvalue weighted by Gasteiger charge is 2.37. The van der Waals surface area contributed by atoms with Gasteiger partial charge in [-0.2, -0.15) is 13.2 Å². The number of hydrogen-bond acceptors (Lipinski definition) is 3. The first-order valence-corrected chi connectivity index (χ1v) is 11.0. The van der Waals surface area contributed by atoms with Crippen molar-refractivity contribution in [3.63, 3.8) is 0 Å². The number of amides is 2. The van der Waals surface area contributed by atoms with Gasteiger partial charge in [-0.3, -0.25) is 9.59 Å². The van der Waals surface area contributed by atoms with E-state index in [1.54, 1.807) is 0 Å². The van der Waals surface area contributed by atoms with Gasteiger partial charge in [0.25, 0.3) is 18.2 Å². The smallest absolute Gasteiger partial charge is 0.386 e. The number of nitrogens with one attached hydrogen (secondary N) is 2. The lowest BCUT2D eigenvalue weighted by Gasteiger charge is -2.23. The molecule has 0 unspecified atom stereocenters. The summed E-state index contributed by atoms with van der Waals surface area (Å²) in [5, 5.41) is 15.3. The standard InChI is InChI=1S/C26H19F7N2O3/c1-25(2,38)12-8-18-20(21(35-24(18)37)17-10-14(27)3-4-16(17)22(29)30)19(9-12)34-23(36)11-5-13(26(31,32)33)7-15(28)6-11/h3-10,21-22,38H,1-2H3,(H,34,36)(H,35,37)/t21-/m0/s1. The van der Waals surface area contributed by atoms with E-state index in [1.807, 2.05) is 0 Å². The molecular weight excluding hydrogens is 521 g/mol. The minimum absolute atomic E-state index is 0.0868. The first kappa shape index (κ1) is 27.1. The van der Waals surface area contributed by atoms with Crippen LogP contribution in [-0.4, -0.2) is 16.9 Å². The molecule has 0 bridgehead atoms. The molecule has 3 aromatic carbocycles. The van der Waals surface area contributed by atoms with Crippen LogP contribution in [0, 0.1) is 11.6 Å². The van der Waals surface area contributed by atoms with E-state index in [-0.39, 0.29) is 34.0 Å². The summed E-state index contributed by atoms with van der Waals surface area (Å²) in [6.07, 6.45) is -8.02. The molecule has 3 aromatic rings. The van der Waals surface area contributed by atoms with Crippen LogP contribution in [0.4, 0.5) is 36.4 Å². The van der Waals surface area contributed by atoms with Crippen LogP contribution in [0.15, 0.2) is 48.5 Å². The lowest BCUT2D eigenvalue weighted by Crippen LogP contribution is -2.22. The van der Waals surface area contributed by atoms with E-state index in [1.165, 1.54) is 26.0 Å². The van der Waals surface area contributed by atoms with Gasteiger partial charge in [0, 0.05) is 27.9 Å². The maximum Gasteiger partial charge on any atom is 0.416 e. The SMILES string of the molecule is CC(C)(O)c1cc(NC(=O)c2cc(F)cc(C(F)(F)F)c2)c2c(c1)C(=O)N[C@H]2c1cc(F)ccc1C(F)F. The molecule has 200 valence electrons. The second-order valence-electron chi connectivity index (χ2n) is 9.20. The summed E-state index contributed by atoms with van der Waals surface area (Å²) in [7, 11) is 0. The number of anilines is 1. The molecule has 0 radical (unpaired) electrons. The number of hydrogen-bond donors (Lipinski definition) is 3. The maximum atomic E-state index is 14.1. The molecule has 0 fully saturated rings. The van der Waals surface area contributed by atoms with Crippen LogP contribution in [0.5, 0.6) is 0 Å². The lowest BCUT2D eigenvalue weighted by atomic mass is 9.88. The van der Waals surface area contributed by atoms with E-state index < -0.39 is 64.4 Å². The molecule has 1 aliphatic rings. The van der Waals surface area contributed by atoms with Crippen LogP contribution >= 0.6 is 0 Å². The second kappa shape index (κ2) is 9.43. The molecule has 4 rings (SSSR count). The van der Waals surface area contributed by atoms with Crippen molar-refractivity contribution < 1.29 is 45.4 Å². The quantitative estimate of drug-likeness (QED) is 0.336. The third-order valence-electron chi connectivity index (χ3n) is 6.03. The van der Waals surface area contributed by atoms with Crippen LogP contribution in [0.3, 0.4) is 0 Å². The number of alkyl halides is 5. The average Bonchev–Trinajstić information content (AvgIpc) is 3.14. The molecule has 0 saturated carbocycles. The van der Waals surface area contributed by atoms with Gasteiger partial charge in [-0.15, -0.1) is 0 Å². The molecule has 0 aliphatic carbocycles. The molecule has 3 N–H and O–H groups in total. The molecular formula is C26H19F7N2O3. The Morgan fingerprint density at radius 2 is 1.66 bits per heavy atom. The zero-order valence-electron chi connectivity index (χ0n) is 19.7. The van der Waals surface area contributed by atoms with E-state index in [4.69, 9.17) is 0 Å². The molecule has 38 heavy (non-hydrogen) atoms. The van der Waals surface area contributed by atoms with E-state index in [2.05, 4.69) is 10.6 Å². The van der Waals surface area contributed by atoms with Gasteiger partial charge in [0.15, 0.2) is 0 Å². The van der Waals surface area contributed by atoms with Crippen molar-refractivity contribution in [2.24, 2.45) is 0 Å². The third kappa shape index (κ3) is 5.21. The largest absolute Gasteiger partial charge is 0.416 e. The summed E-state index contributed by atoms with van der Waals surface area (Å²) in [5.41, 5.74) is -5.02. The molecule has 12 heteroatoms. The number of benzene rings is 3. The Balaban J connectivity index is 1.89. The van der Waals surface area contributed by atoms with Crippen molar-refractivity contribution in [3.8, 4) is 0 Å². The molecule has 1 heterocycles. The van der Waals surface area contributed by atoms with Crippen molar-refractivity contribution in [2.75, 3.05) is 5.32 Å². The number of halogens is 7. The highest BCUT2D eigenvalue weighted by Crippen LogP contribution is 2.42. The Hall–Kier alpha value is -3.93. The molecule has 1 atom stereocenters. The van der Waals surface area contributed by atoms with Crippen molar-refractivity contribution in [1.82, 2.24) is 5.32 Å². The number of carbonyl (C=O) groups is 2. The van der Waals surface area contributed by atoms with E-state index in [0.717, 1.165) is 18.2 Å². The lowest BCUT2D eigenvalue weighted by molar-refractivity contribution is -0.137.